The van der Waals surface area contributed by atoms with Crippen LogP contribution < -0.4 is 0 Å². The lowest BCUT2D eigenvalue weighted by atomic mass is 10.0. The summed E-state index contributed by atoms with van der Waals surface area (Å²) in [6, 6.07) is 21.6. The van der Waals surface area contributed by atoms with Gasteiger partial charge in [-0.25, -0.2) is 0 Å². The van der Waals surface area contributed by atoms with E-state index in [1.54, 1.807) is 0 Å². The van der Waals surface area contributed by atoms with Gasteiger partial charge in [0.2, 0.25) is 0 Å². The van der Waals surface area contributed by atoms with Gasteiger partial charge in [0.1, 0.15) is 0 Å². The first-order chi connectivity index (χ1) is 9.24. The molecule has 0 unspecified atom stereocenters. The zero-order valence-electron chi connectivity index (χ0n) is 10.9. The SMILES string of the molecule is Cc1cc(Cc2cccc(Br)c2)c2cccccc1-2. The highest BCUT2D eigenvalue weighted by atomic mass is 79.9. The third-order valence-electron chi connectivity index (χ3n) is 3.48. The van der Waals surface area contributed by atoms with Crippen LogP contribution in [-0.4, -0.2) is 0 Å². The summed E-state index contributed by atoms with van der Waals surface area (Å²) in [5.41, 5.74) is 6.82. The van der Waals surface area contributed by atoms with E-state index in [2.05, 4.69) is 83.5 Å². The van der Waals surface area contributed by atoms with Gasteiger partial charge in [-0.1, -0.05) is 64.5 Å². The molecule has 2 aliphatic carbocycles. The van der Waals surface area contributed by atoms with Gasteiger partial charge in [0, 0.05) is 4.47 Å². The Hall–Kier alpha value is -1.60. The molecule has 0 heterocycles. The van der Waals surface area contributed by atoms with Crippen molar-refractivity contribution >= 4 is 15.9 Å². The van der Waals surface area contributed by atoms with Crippen molar-refractivity contribution in [3.63, 3.8) is 0 Å². The lowest BCUT2D eigenvalue weighted by Crippen LogP contribution is -1.87. The first-order valence-corrected chi connectivity index (χ1v) is 7.25. The summed E-state index contributed by atoms with van der Waals surface area (Å²) in [6.45, 7) is 2.19. The van der Waals surface area contributed by atoms with Gasteiger partial charge in [0.05, 0.1) is 0 Å². The van der Waals surface area contributed by atoms with Crippen molar-refractivity contribution in [1.82, 2.24) is 0 Å². The second-order valence-corrected chi connectivity index (χ2v) is 5.81. The molecule has 0 aliphatic heterocycles. The molecule has 3 rings (SSSR count). The normalized spacial score (nSPS) is 10.8. The summed E-state index contributed by atoms with van der Waals surface area (Å²) >= 11 is 3.54. The molecule has 0 amide bonds. The Bertz CT molecular complexity index is 685. The van der Waals surface area contributed by atoms with Crippen LogP contribution in [-0.2, 0) is 6.42 Å². The van der Waals surface area contributed by atoms with E-state index in [4.69, 9.17) is 0 Å². The molecular weight excluding hydrogens is 296 g/mol. The molecular formula is C18H15Br. The Morgan fingerprint density at radius 2 is 1.63 bits per heavy atom. The van der Waals surface area contributed by atoms with E-state index in [0.29, 0.717) is 0 Å². The number of aryl methyl sites for hydroxylation is 1. The van der Waals surface area contributed by atoms with Crippen LogP contribution in [0.25, 0.3) is 11.1 Å². The molecule has 1 aromatic carbocycles. The van der Waals surface area contributed by atoms with Crippen molar-refractivity contribution in [1.29, 1.82) is 0 Å². The number of hydrogen-bond acceptors (Lipinski definition) is 0. The standard InChI is InChI=1S/C18H15Br/c1-13-10-15(11-14-6-5-7-16(19)12-14)18-9-4-2-3-8-17(13)18/h2-10,12H,11H2,1H3. The Morgan fingerprint density at radius 1 is 0.842 bits per heavy atom. The maximum atomic E-state index is 3.54. The molecule has 0 aromatic heterocycles. The number of fused-ring (bicyclic) bond motifs is 1. The van der Waals surface area contributed by atoms with Crippen molar-refractivity contribution in [2.45, 2.75) is 13.3 Å². The van der Waals surface area contributed by atoms with Gasteiger partial charge in [0.25, 0.3) is 0 Å². The molecule has 0 spiro atoms. The Morgan fingerprint density at radius 3 is 2.42 bits per heavy atom. The lowest BCUT2D eigenvalue weighted by molar-refractivity contribution is 1.20. The van der Waals surface area contributed by atoms with Gasteiger partial charge in [-0.05, 0) is 53.3 Å². The van der Waals surface area contributed by atoms with E-state index in [0.717, 1.165) is 10.9 Å². The van der Waals surface area contributed by atoms with Crippen LogP contribution in [0.3, 0.4) is 0 Å². The number of rotatable bonds is 2. The molecule has 19 heavy (non-hydrogen) atoms. The third kappa shape index (κ3) is 2.57. The average molecular weight is 311 g/mol. The Kier molecular flexibility index (Phi) is 3.39. The fourth-order valence-electron chi connectivity index (χ4n) is 2.60. The van der Waals surface area contributed by atoms with Crippen LogP contribution in [0.1, 0.15) is 16.7 Å². The van der Waals surface area contributed by atoms with Gasteiger partial charge in [-0.3, -0.25) is 0 Å². The van der Waals surface area contributed by atoms with Crippen molar-refractivity contribution < 1.29 is 0 Å². The molecule has 1 heteroatoms. The summed E-state index contributed by atoms with van der Waals surface area (Å²) < 4.78 is 1.14. The van der Waals surface area contributed by atoms with Crippen molar-refractivity contribution in [3.8, 4) is 11.1 Å². The van der Waals surface area contributed by atoms with E-state index in [1.807, 2.05) is 0 Å². The molecule has 0 bridgehead atoms. The maximum absolute atomic E-state index is 3.54. The lowest BCUT2D eigenvalue weighted by Gasteiger charge is -2.03. The molecule has 0 atom stereocenters. The van der Waals surface area contributed by atoms with Crippen LogP contribution in [0.15, 0.2) is 65.1 Å². The second kappa shape index (κ2) is 5.18. The monoisotopic (exact) mass is 310 g/mol. The van der Waals surface area contributed by atoms with Gasteiger partial charge in [0.15, 0.2) is 0 Å². The van der Waals surface area contributed by atoms with Gasteiger partial charge >= 0.3 is 0 Å². The van der Waals surface area contributed by atoms with Crippen molar-refractivity contribution in [3.05, 3.63) is 81.8 Å². The summed E-state index contributed by atoms with van der Waals surface area (Å²) in [4.78, 5) is 0. The molecule has 0 saturated heterocycles. The summed E-state index contributed by atoms with van der Waals surface area (Å²) in [5, 5.41) is 0. The van der Waals surface area contributed by atoms with Crippen LogP contribution in [0.5, 0.6) is 0 Å². The molecule has 0 saturated carbocycles. The minimum Gasteiger partial charge on any atom is -0.0622 e. The Labute approximate surface area is 122 Å². The molecule has 0 radical (unpaired) electrons. The summed E-state index contributed by atoms with van der Waals surface area (Å²) in [6.07, 6.45) is 0.980. The zero-order chi connectivity index (χ0) is 13.2. The molecule has 2 aliphatic rings. The Balaban J connectivity index is 2.03. The molecule has 0 nitrogen and oxygen atoms in total. The molecule has 1 aromatic rings. The third-order valence-corrected chi connectivity index (χ3v) is 3.98. The minimum atomic E-state index is 0.980. The molecule has 0 N–H and O–H groups in total. The first kappa shape index (κ1) is 12.4. The summed E-state index contributed by atoms with van der Waals surface area (Å²) in [7, 11) is 0. The predicted octanol–water partition coefficient (Wildman–Crippen LogP) is 5.45. The fraction of sp³-hybridized carbons (Fsp3) is 0.111. The highest BCUT2D eigenvalue weighted by molar-refractivity contribution is 9.10. The van der Waals surface area contributed by atoms with E-state index in [-0.39, 0.29) is 0 Å². The summed E-state index contributed by atoms with van der Waals surface area (Å²) in [5.74, 6) is 0. The van der Waals surface area contributed by atoms with Gasteiger partial charge < -0.3 is 0 Å². The smallest absolute Gasteiger partial charge is 0.0178 e. The molecule has 0 fully saturated rings. The van der Waals surface area contributed by atoms with E-state index < -0.39 is 0 Å². The second-order valence-electron chi connectivity index (χ2n) is 4.90. The number of halogens is 1. The quantitative estimate of drug-likeness (QED) is 0.590. The van der Waals surface area contributed by atoms with Crippen LogP contribution in [0.2, 0.25) is 0 Å². The fourth-order valence-corrected chi connectivity index (χ4v) is 3.05. The van der Waals surface area contributed by atoms with Crippen LogP contribution in [0.4, 0.5) is 0 Å². The van der Waals surface area contributed by atoms with Gasteiger partial charge in [-0.15, -0.1) is 0 Å². The largest absolute Gasteiger partial charge is 0.0622 e. The topological polar surface area (TPSA) is 0 Å². The van der Waals surface area contributed by atoms with Crippen LogP contribution in [0, 0.1) is 6.92 Å². The molecule has 94 valence electrons. The highest BCUT2D eigenvalue weighted by Gasteiger charge is 2.12. The highest BCUT2D eigenvalue weighted by Crippen LogP contribution is 2.32. The number of benzene rings is 1. The van der Waals surface area contributed by atoms with E-state index >= 15 is 0 Å². The zero-order valence-corrected chi connectivity index (χ0v) is 12.4. The van der Waals surface area contributed by atoms with E-state index in [9.17, 15) is 0 Å². The van der Waals surface area contributed by atoms with Crippen molar-refractivity contribution in [2.24, 2.45) is 0 Å². The van der Waals surface area contributed by atoms with E-state index in [1.165, 1.54) is 27.8 Å². The average Bonchev–Trinajstić information content (AvgIpc) is 2.57. The predicted molar refractivity (Wildman–Crippen MR) is 84.7 cm³/mol. The minimum absolute atomic E-state index is 0.980. The maximum Gasteiger partial charge on any atom is 0.0178 e. The first-order valence-electron chi connectivity index (χ1n) is 6.46. The van der Waals surface area contributed by atoms with Crippen molar-refractivity contribution in [2.75, 3.05) is 0 Å². The number of hydrogen-bond donors (Lipinski definition) is 0. The van der Waals surface area contributed by atoms with Crippen LogP contribution >= 0.6 is 15.9 Å². The van der Waals surface area contributed by atoms with Gasteiger partial charge in [-0.2, -0.15) is 0 Å².